The zero-order valence-corrected chi connectivity index (χ0v) is 23.6. The molecule has 2 aromatic carbocycles. The Morgan fingerprint density at radius 1 is 1.03 bits per heavy atom. The Morgan fingerprint density at radius 2 is 1.72 bits per heavy atom. The minimum atomic E-state index is -1.90. The van der Waals surface area contributed by atoms with Crippen LogP contribution >= 0.6 is 11.3 Å². The maximum atomic E-state index is 12.9. The third kappa shape index (κ3) is 6.09. The average molecular weight is 516 g/mol. The predicted molar refractivity (Wildman–Crippen MR) is 152 cm³/mol. The van der Waals surface area contributed by atoms with Gasteiger partial charge in [-0.1, -0.05) is 68.8 Å². The number of nitrogens with one attached hydrogen (secondary N) is 1. The van der Waals surface area contributed by atoms with E-state index in [0.717, 1.165) is 27.4 Å². The molecule has 0 aliphatic rings. The van der Waals surface area contributed by atoms with Gasteiger partial charge in [0.25, 0.3) is 0 Å². The highest BCUT2D eigenvalue weighted by Gasteiger charge is 2.38. The minimum absolute atomic E-state index is 0.127. The van der Waals surface area contributed by atoms with E-state index in [1.165, 1.54) is 5.56 Å². The van der Waals surface area contributed by atoms with Crippen LogP contribution in [0.3, 0.4) is 0 Å². The smallest absolute Gasteiger partial charge is 0.250 e. The van der Waals surface area contributed by atoms with Gasteiger partial charge in [0, 0.05) is 5.56 Å². The van der Waals surface area contributed by atoms with Crippen LogP contribution in [0.25, 0.3) is 21.8 Å². The summed E-state index contributed by atoms with van der Waals surface area (Å²) in [7, 11) is -1.90. The first-order chi connectivity index (χ1) is 17.0. The van der Waals surface area contributed by atoms with Crippen molar-refractivity contribution in [2.75, 3.05) is 5.32 Å². The maximum Gasteiger partial charge on any atom is 0.250 e. The summed E-state index contributed by atoms with van der Waals surface area (Å²) < 4.78 is 6.35. The van der Waals surface area contributed by atoms with Crippen molar-refractivity contribution in [2.24, 2.45) is 0 Å². The summed E-state index contributed by atoms with van der Waals surface area (Å²) in [6.07, 6.45) is 1.95. The van der Waals surface area contributed by atoms with Crippen molar-refractivity contribution in [1.29, 1.82) is 0 Å². The fourth-order valence-electron chi connectivity index (χ4n) is 3.41. The number of amides is 1. The van der Waals surface area contributed by atoms with E-state index in [-0.39, 0.29) is 17.4 Å². The molecule has 0 aliphatic carbocycles. The molecule has 4 rings (SSSR count). The SMILES string of the molecule is Cc1ccc(-c2cnc(NC(=O)Cc3ccc(O[Si](C)(C)C(C)(C)C)cc3)c(-c3cccs3)n2)cc1. The van der Waals surface area contributed by atoms with E-state index in [4.69, 9.17) is 9.41 Å². The van der Waals surface area contributed by atoms with Crippen LogP contribution in [0, 0.1) is 6.92 Å². The molecule has 0 saturated heterocycles. The van der Waals surface area contributed by atoms with Crippen LogP contribution < -0.4 is 9.74 Å². The van der Waals surface area contributed by atoms with Crippen LogP contribution in [-0.2, 0) is 11.2 Å². The molecule has 2 aromatic heterocycles. The molecular weight excluding hydrogens is 482 g/mol. The summed E-state index contributed by atoms with van der Waals surface area (Å²) in [6.45, 7) is 13.2. The van der Waals surface area contributed by atoms with Gasteiger partial charge in [-0.3, -0.25) is 4.79 Å². The zero-order valence-electron chi connectivity index (χ0n) is 21.8. The Morgan fingerprint density at radius 3 is 2.33 bits per heavy atom. The second kappa shape index (κ2) is 10.4. The fraction of sp³-hybridized carbons (Fsp3) is 0.276. The molecule has 5 nitrogen and oxygen atoms in total. The molecule has 36 heavy (non-hydrogen) atoms. The van der Waals surface area contributed by atoms with Gasteiger partial charge in [0.15, 0.2) is 5.82 Å². The van der Waals surface area contributed by atoms with Crippen LogP contribution in [0.1, 0.15) is 31.9 Å². The molecule has 2 heterocycles. The van der Waals surface area contributed by atoms with Gasteiger partial charge in [-0.2, -0.15) is 0 Å². The summed E-state index contributed by atoms with van der Waals surface area (Å²) in [6, 6.07) is 20.0. The number of carbonyl (C=O) groups is 1. The van der Waals surface area contributed by atoms with Crippen LogP contribution in [0.4, 0.5) is 5.82 Å². The molecule has 0 unspecified atom stereocenters. The van der Waals surface area contributed by atoms with Crippen molar-refractivity contribution < 1.29 is 9.22 Å². The molecular formula is C29H33N3O2SSi. The van der Waals surface area contributed by atoms with Crippen molar-refractivity contribution >= 4 is 31.4 Å². The van der Waals surface area contributed by atoms with E-state index in [0.29, 0.717) is 11.5 Å². The van der Waals surface area contributed by atoms with Gasteiger partial charge < -0.3 is 9.74 Å². The lowest BCUT2D eigenvalue weighted by molar-refractivity contribution is -0.115. The number of aromatic nitrogens is 2. The van der Waals surface area contributed by atoms with Gasteiger partial charge in [-0.25, -0.2) is 9.97 Å². The van der Waals surface area contributed by atoms with Gasteiger partial charge in [-0.05, 0) is 54.2 Å². The Hall–Kier alpha value is -3.29. The van der Waals surface area contributed by atoms with Gasteiger partial charge >= 0.3 is 0 Å². The number of thiophene rings is 1. The largest absolute Gasteiger partial charge is 0.544 e. The monoisotopic (exact) mass is 515 g/mol. The maximum absolute atomic E-state index is 12.9. The van der Waals surface area contributed by atoms with Crippen molar-refractivity contribution in [2.45, 2.75) is 52.2 Å². The predicted octanol–water partition coefficient (Wildman–Crippen LogP) is 7.75. The lowest BCUT2D eigenvalue weighted by Crippen LogP contribution is -2.43. The molecule has 7 heteroatoms. The molecule has 0 saturated carbocycles. The molecule has 0 aliphatic heterocycles. The number of nitrogens with zero attached hydrogens (tertiary/aromatic N) is 2. The Bertz CT molecular complexity index is 1330. The molecule has 0 fully saturated rings. The highest BCUT2D eigenvalue weighted by molar-refractivity contribution is 7.13. The quantitative estimate of drug-likeness (QED) is 0.256. The van der Waals surface area contributed by atoms with E-state index >= 15 is 0 Å². The average Bonchev–Trinajstić information content (AvgIpc) is 3.35. The van der Waals surface area contributed by atoms with Gasteiger partial charge in [0.1, 0.15) is 11.4 Å². The van der Waals surface area contributed by atoms with Gasteiger partial charge in [-0.15, -0.1) is 11.3 Å². The van der Waals surface area contributed by atoms with E-state index in [1.54, 1.807) is 17.5 Å². The van der Waals surface area contributed by atoms with E-state index in [9.17, 15) is 4.79 Å². The summed E-state index contributed by atoms with van der Waals surface area (Å²) in [5.74, 6) is 1.18. The normalized spacial score (nSPS) is 11.8. The molecule has 0 radical (unpaired) electrons. The molecule has 1 N–H and O–H groups in total. The van der Waals surface area contributed by atoms with Crippen LogP contribution in [0.2, 0.25) is 18.1 Å². The first-order valence-electron chi connectivity index (χ1n) is 12.1. The summed E-state index contributed by atoms with van der Waals surface area (Å²) in [5.41, 5.74) is 4.54. The topological polar surface area (TPSA) is 64.1 Å². The summed E-state index contributed by atoms with van der Waals surface area (Å²) in [5, 5.41) is 5.10. The number of hydrogen-bond donors (Lipinski definition) is 1. The highest BCUT2D eigenvalue weighted by Crippen LogP contribution is 2.37. The molecule has 1 amide bonds. The number of rotatable bonds is 7. The third-order valence-corrected chi connectivity index (χ3v) is 11.8. The van der Waals surface area contributed by atoms with Crippen molar-refractivity contribution in [3.05, 3.63) is 83.4 Å². The standard InChI is InChI=1S/C29H33N3O2SSi/c1-20-9-13-22(14-10-20)24-19-30-28(27(31-24)25-8-7-17-35-25)32-26(33)18-21-11-15-23(16-12-21)34-36(5,6)29(2,3)4/h7-17,19H,18H2,1-6H3,(H,30,32,33). The number of hydrogen-bond acceptors (Lipinski definition) is 5. The van der Waals surface area contributed by atoms with Gasteiger partial charge in [0.2, 0.25) is 14.2 Å². The first-order valence-corrected chi connectivity index (χ1v) is 15.9. The zero-order chi connectivity index (χ0) is 25.9. The lowest BCUT2D eigenvalue weighted by Gasteiger charge is -2.36. The molecule has 0 spiro atoms. The van der Waals surface area contributed by atoms with Gasteiger partial charge in [0.05, 0.1) is 23.2 Å². The Balaban J connectivity index is 1.50. The van der Waals surface area contributed by atoms with E-state index in [1.807, 2.05) is 53.9 Å². The van der Waals surface area contributed by atoms with Crippen molar-refractivity contribution in [1.82, 2.24) is 9.97 Å². The first kappa shape index (κ1) is 25.8. The molecule has 0 atom stereocenters. The highest BCUT2D eigenvalue weighted by atomic mass is 32.1. The van der Waals surface area contributed by atoms with Crippen LogP contribution in [-0.4, -0.2) is 24.2 Å². The molecule has 4 aromatic rings. The van der Waals surface area contributed by atoms with Crippen molar-refractivity contribution in [3.8, 4) is 27.6 Å². The van der Waals surface area contributed by atoms with E-state index in [2.05, 4.69) is 63.2 Å². The lowest BCUT2D eigenvalue weighted by atomic mass is 10.1. The van der Waals surface area contributed by atoms with Crippen LogP contribution in [0.5, 0.6) is 5.75 Å². The Labute approximate surface area is 218 Å². The molecule has 186 valence electrons. The minimum Gasteiger partial charge on any atom is -0.544 e. The van der Waals surface area contributed by atoms with Crippen molar-refractivity contribution in [3.63, 3.8) is 0 Å². The second-order valence-corrected chi connectivity index (χ2v) is 16.2. The number of carbonyl (C=O) groups excluding carboxylic acids is 1. The van der Waals surface area contributed by atoms with Crippen LogP contribution in [0.15, 0.2) is 72.2 Å². The summed E-state index contributed by atoms with van der Waals surface area (Å²) in [4.78, 5) is 23.3. The number of benzene rings is 2. The fourth-order valence-corrected chi connectivity index (χ4v) is 5.16. The summed E-state index contributed by atoms with van der Waals surface area (Å²) >= 11 is 1.57. The number of aryl methyl sites for hydroxylation is 1. The Kier molecular flexibility index (Phi) is 7.43. The second-order valence-electron chi connectivity index (χ2n) is 10.5. The third-order valence-electron chi connectivity index (χ3n) is 6.60. The molecule has 0 bridgehead atoms. The number of anilines is 1. The van der Waals surface area contributed by atoms with E-state index < -0.39 is 8.32 Å².